The second kappa shape index (κ2) is 10.3. The SMILES string of the molecule is CCCC(C(=O)NC=O)c1ccc(N2CCC(C(=O)N3CCNCC3)CC2)nc1. The molecule has 1 aromatic rings. The Balaban J connectivity index is 1.57. The van der Waals surface area contributed by atoms with Crippen LogP contribution in [0.5, 0.6) is 0 Å². The van der Waals surface area contributed by atoms with Crippen LogP contribution < -0.4 is 15.5 Å². The van der Waals surface area contributed by atoms with Gasteiger partial charge in [-0.2, -0.15) is 0 Å². The summed E-state index contributed by atoms with van der Waals surface area (Å²) in [7, 11) is 0. The molecular formula is C21H31N5O3. The number of piperazine rings is 1. The summed E-state index contributed by atoms with van der Waals surface area (Å²) in [6.45, 7) is 6.99. The second-order valence-corrected chi connectivity index (χ2v) is 7.75. The summed E-state index contributed by atoms with van der Waals surface area (Å²) in [5, 5.41) is 5.53. The molecule has 8 heteroatoms. The van der Waals surface area contributed by atoms with E-state index in [0.717, 1.165) is 69.9 Å². The minimum Gasteiger partial charge on any atom is -0.357 e. The topological polar surface area (TPSA) is 94.6 Å². The molecular weight excluding hydrogens is 370 g/mol. The zero-order valence-electron chi connectivity index (χ0n) is 17.1. The number of amides is 3. The number of aromatic nitrogens is 1. The summed E-state index contributed by atoms with van der Waals surface area (Å²) in [6.07, 6.45) is 5.35. The van der Waals surface area contributed by atoms with Gasteiger partial charge in [0.25, 0.3) is 0 Å². The van der Waals surface area contributed by atoms with Crippen molar-refractivity contribution in [1.29, 1.82) is 0 Å². The molecule has 3 amide bonds. The first kappa shape index (κ1) is 21.2. The third-order valence-corrected chi connectivity index (χ3v) is 5.87. The highest BCUT2D eigenvalue weighted by molar-refractivity contribution is 5.91. The van der Waals surface area contributed by atoms with Gasteiger partial charge in [0.2, 0.25) is 18.2 Å². The Morgan fingerprint density at radius 3 is 2.55 bits per heavy atom. The highest BCUT2D eigenvalue weighted by Crippen LogP contribution is 2.26. The van der Waals surface area contributed by atoms with E-state index in [-0.39, 0.29) is 23.7 Å². The fraction of sp³-hybridized carbons (Fsp3) is 0.619. The van der Waals surface area contributed by atoms with E-state index in [9.17, 15) is 14.4 Å². The molecule has 2 aliphatic rings. The van der Waals surface area contributed by atoms with E-state index in [1.165, 1.54) is 0 Å². The summed E-state index contributed by atoms with van der Waals surface area (Å²) in [4.78, 5) is 44.2. The summed E-state index contributed by atoms with van der Waals surface area (Å²) < 4.78 is 0. The monoisotopic (exact) mass is 401 g/mol. The minimum absolute atomic E-state index is 0.101. The summed E-state index contributed by atoms with van der Waals surface area (Å²) in [6, 6.07) is 3.86. The molecule has 2 fully saturated rings. The lowest BCUT2D eigenvalue weighted by Crippen LogP contribution is -2.50. The van der Waals surface area contributed by atoms with Crippen molar-refractivity contribution in [2.45, 2.75) is 38.5 Å². The largest absolute Gasteiger partial charge is 0.357 e. The van der Waals surface area contributed by atoms with Crippen LogP contribution in [0, 0.1) is 5.92 Å². The predicted octanol–water partition coefficient (Wildman–Crippen LogP) is 0.886. The molecule has 2 saturated heterocycles. The van der Waals surface area contributed by atoms with Crippen LogP contribution in [0.2, 0.25) is 0 Å². The van der Waals surface area contributed by atoms with E-state index >= 15 is 0 Å². The molecule has 1 aromatic heterocycles. The van der Waals surface area contributed by atoms with Crippen molar-refractivity contribution in [3.8, 4) is 0 Å². The molecule has 0 aromatic carbocycles. The van der Waals surface area contributed by atoms with Crippen molar-refractivity contribution in [3.05, 3.63) is 23.9 Å². The first-order chi connectivity index (χ1) is 14.1. The van der Waals surface area contributed by atoms with Crippen molar-refractivity contribution in [2.75, 3.05) is 44.2 Å². The molecule has 2 aliphatic heterocycles. The number of rotatable bonds is 7. The van der Waals surface area contributed by atoms with Crippen LogP contribution in [0.25, 0.3) is 0 Å². The quantitative estimate of drug-likeness (QED) is 0.659. The van der Waals surface area contributed by atoms with E-state index in [0.29, 0.717) is 12.8 Å². The second-order valence-electron chi connectivity index (χ2n) is 7.75. The highest BCUT2D eigenvalue weighted by Gasteiger charge is 2.29. The third-order valence-electron chi connectivity index (χ3n) is 5.87. The zero-order chi connectivity index (χ0) is 20.6. The van der Waals surface area contributed by atoms with Crippen LogP contribution in [0.15, 0.2) is 18.3 Å². The van der Waals surface area contributed by atoms with E-state index in [2.05, 4.69) is 20.5 Å². The molecule has 0 aliphatic carbocycles. The van der Waals surface area contributed by atoms with Crippen LogP contribution in [0.3, 0.4) is 0 Å². The van der Waals surface area contributed by atoms with E-state index in [1.54, 1.807) is 6.20 Å². The third kappa shape index (κ3) is 5.32. The molecule has 158 valence electrons. The Morgan fingerprint density at radius 1 is 1.24 bits per heavy atom. The van der Waals surface area contributed by atoms with Crippen molar-refractivity contribution < 1.29 is 14.4 Å². The van der Waals surface area contributed by atoms with E-state index in [4.69, 9.17) is 0 Å². The van der Waals surface area contributed by atoms with Crippen LogP contribution in [-0.2, 0) is 14.4 Å². The van der Waals surface area contributed by atoms with Crippen molar-refractivity contribution in [3.63, 3.8) is 0 Å². The number of hydrogen-bond acceptors (Lipinski definition) is 6. The molecule has 0 spiro atoms. The van der Waals surface area contributed by atoms with Crippen LogP contribution >= 0.6 is 0 Å². The number of anilines is 1. The minimum atomic E-state index is -0.367. The number of imide groups is 1. The Bertz CT molecular complexity index is 695. The van der Waals surface area contributed by atoms with Gasteiger partial charge in [-0.3, -0.25) is 19.7 Å². The Labute approximate surface area is 172 Å². The van der Waals surface area contributed by atoms with Gasteiger partial charge in [0, 0.05) is 51.4 Å². The molecule has 0 saturated carbocycles. The van der Waals surface area contributed by atoms with Gasteiger partial charge < -0.3 is 15.1 Å². The maximum absolute atomic E-state index is 12.7. The van der Waals surface area contributed by atoms with Crippen LogP contribution in [0.1, 0.15) is 44.1 Å². The van der Waals surface area contributed by atoms with Gasteiger partial charge in [0.15, 0.2) is 0 Å². The van der Waals surface area contributed by atoms with Crippen molar-refractivity contribution in [1.82, 2.24) is 20.5 Å². The molecule has 3 rings (SSSR count). The molecule has 3 heterocycles. The molecule has 1 unspecified atom stereocenters. The van der Waals surface area contributed by atoms with Crippen molar-refractivity contribution >= 4 is 24.0 Å². The van der Waals surface area contributed by atoms with Gasteiger partial charge in [-0.1, -0.05) is 19.4 Å². The summed E-state index contributed by atoms with van der Waals surface area (Å²) in [5.41, 5.74) is 0.818. The summed E-state index contributed by atoms with van der Waals surface area (Å²) >= 11 is 0. The van der Waals surface area contributed by atoms with Gasteiger partial charge in [0.05, 0.1) is 5.92 Å². The lowest BCUT2D eigenvalue weighted by Gasteiger charge is -2.36. The van der Waals surface area contributed by atoms with E-state index in [1.807, 2.05) is 24.0 Å². The Kier molecular flexibility index (Phi) is 7.57. The first-order valence-electron chi connectivity index (χ1n) is 10.6. The first-order valence-corrected chi connectivity index (χ1v) is 10.6. The number of pyridine rings is 1. The van der Waals surface area contributed by atoms with Crippen LogP contribution in [-0.4, -0.2) is 67.4 Å². The number of carbonyl (C=O) groups excluding carboxylic acids is 3. The van der Waals surface area contributed by atoms with Gasteiger partial charge >= 0.3 is 0 Å². The number of nitrogens with one attached hydrogen (secondary N) is 2. The maximum atomic E-state index is 12.7. The molecule has 0 radical (unpaired) electrons. The van der Waals surface area contributed by atoms with Gasteiger partial charge in [-0.05, 0) is 30.9 Å². The molecule has 8 nitrogen and oxygen atoms in total. The predicted molar refractivity (Wildman–Crippen MR) is 110 cm³/mol. The van der Waals surface area contributed by atoms with Gasteiger partial charge in [-0.25, -0.2) is 4.98 Å². The maximum Gasteiger partial charge on any atom is 0.233 e. The van der Waals surface area contributed by atoms with Crippen LogP contribution in [0.4, 0.5) is 5.82 Å². The van der Waals surface area contributed by atoms with Gasteiger partial charge in [-0.15, -0.1) is 0 Å². The Hall–Kier alpha value is -2.48. The molecule has 1 atom stereocenters. The normalized spacial score (nSPS) is 18.9. The zero-order valence-corrected chi connectivity index (χ0v) is 17.1. The number of nitrogens with zero attached hydrogens (tertiary/aromatic N) is 3. The number of hydrogen-bond donors (Lipinski definition) is 2. The average Bonchev–Trinajstić information content (AvgIpc) is 2.78. The number of carbonyl (C=O) groups is 3. The highest BCUT2D eigenvalue weighted by atomic mass is 16.2. The lowest BCUT2D eigenvalue weighted by molar-refractivity contribution is -0.136. The fourth-order valence-electron chi connectivity index (χ4n) is 4.19. The molecule has 0 bridgehead atoms. The van der Waals surface area contributed by atoms with Gasteiger partial charge in [0.1, 0.15) is 5.82 Å². The fourth-order valence-corrected chi connectivity index (χ4v) is 4.19. The average molecular weight is 402 g/mol. The smallest absolute Gasteiger partial charge is 0.233 e. The molecule has 2 N–H and O–H groups in total. The molecule has 29 heavy (non-hydrogen) atoms. The lowest BCUT2D eigenvalue weighted by atomic mass is 9.94. The standard InChI is InChI=1S/C21H31N5O3/c1-2-3-18(20(28)24-15-27)17-4-5-19(23-14-17)25-10-6-16(7-11-25)21(29)26-12-8-22-9-13-26/h4-5,14-16,18,22H,2-3,6-13H2,1H3,(H,24,27,28). The summed E-state index contributed by atoms with van der Waals surface area (Å²) in [5.74, 6) is 0.605. The van der Waals surface area contributed by atoms with E-state index < -0.39 is 0 Å². The number of piperidine rings is 1. The van der Waals surface area contributed by atoms with Crippen molar-refractivity contribution in [2.24, 2.45) is 5.92 Å². The Morgan fingerprint density at radius 2 is 1.97 bits per heavy atom.